The summed E-state index contributed by atoms with van der Waals surface area (Å²) in [6.07, 6.45) is 2.79. The number of rotatable bonds is 10. The molecule has 0 aliphatic rings. The lowest BCUT2D eigenvalue weighted by molar-refractivity contribution is 0.161. The van der Waals surface area contributed by atoms with Crippen molar-refractivity contribution in [3.05, 3.63) is 62.1 Å². The summed E-state index contributed by atoms with van der Waals surface area (Å²) in [6.45, 7) is 8.72. The molecule has 0 unspecified atom stereocenters. The Morgan fingerprint density at radius 3 is 1.59 bits per heavy atom. The molecular weight excluding hydrogens is 280 g/mol. The molecule has 0 fully saturated rings. The van der Waals surface area contributed by atoms with Gasteiger partial charge in [0.1, 0.15) is 26.4 Å². The van der Waals surface area contributed by atoms with Crippen LogP contribution in [-0.4, -0.2) is 26.4 Å². The fourth-order valence-corrected chi connectivity index (χ4v) is 1.99. The third-order valence-electron chi connectivity index (χ3n) is 2.97. The maximum absolute atomic E-state index is 5.75. The number of ether oxygens (including phenoxy) is 4. The van der Waals surface area contributed by atoms with Crippen LogP contribution in [0.25, 0.3) is 10.8 Å². The fourth-order valence-electron chi connectivity index (χ4n) is 1.99. The van der Waals surface area contributed by atoms with Gasteiger partial charge < -0.3 is 18.9 Å². The normalized spacial score (nSPS) is 10.0. The molecule has 0 saturated heterocycles. The Hall–Kier alpha value is -2.62. The van der Waals surface area contributed by atoms with E-state index in [-0.39, 0.29) is 0 Å². The minimum absolute atomic E-state index is 0.421. The molecule has 0 spiro atoms. The molecule has 2 aromatic rings. The predicted octanol–water partition coefficient (Wildman–Crippen LogP) is 3.92. The zero-order chi connectivity index (χ0) is 15.6. The largest absolute Gasteiger partial charge is 0.498 e. The van der Waals surface area contributed by atoms with Crippen LogP contribution in [0.15, 0.2) is 62.1 Å². The highest BCUT2D eigenvalue weighted by molar-refractivity contribution is 5.86. The molecule has 4 nitrogen and oxygen atoms in total. The first-order valence-corrected chi connectivity index (χ1v) is 7.08. The van der Waals surface area contributed by atoms with Gasteiger partial charge in [0.2, 0.25) is 0 Å². The number of hydrogen-bond acceptors (Lipinski definition) is 4. The topological polar surface area (TPSA) is 36.9 Å². The van der Waals surface area contributed by atoms with E-state index >= 15 is 0 Å². The third-order valence-corrected chi connectivity index (χ3v) is 2.97. The zero-order valence-corrected chi connectivity index (χ0v) is 12.5. The van der Waals surface area contributed by atoms with Gasteiger partial charge in [0.25, 0.3) is 0 Å². The van der Waals surface area contributed by atoms with Crippen LogP contribution < -0.4 is 9.47 Å². The highest BCUT2D eigenvalue weighted by Gasteiger charge is 2.08. The van der Waals surface area contributed by atoms with E-state index in [2.05, 4.69) is 13.2 Å². The summed E-state index contributed by atoms with van der Waals surface area (Å²) in [7, 11) is 0. The van der Waals surface area contributed by atoms with E-state index in [4.69, 9.17) is 18.9 Å². The van der Waals surface area contributed by atoms with E-state index in [0.717, 1.165) is 10.8 Å². The first-order valence-electron chi connectivity index (χ1n) is 7.08. The minimum Gasteiger partial charge on any atom is -0.498 e. The van der Waals surface area contributed by atoms with E-state index in [1.165, 1.54) is 12.5 Å². The molecule has 2 rings (SSSR count). The Morgan fingerprint density at radius 2 is 1.18 bits per heavy atom. The highest BCUT2D eigenvalue weighted by atomic mass is 16.5. The Bertz CT molecular complexity index is 567. The minimum atomic E-state index is 0.421. The predicted molar refractivity (Wildman–Crippen MR) is 87.2 cm³/mol. The fraction of sp³-hybridized carbons (Fsp3) is 0.222. The van der Waals surface area contributed by atoms with Crippen LogP contribution >= 0.6 is 0 Å². The molecular formula is C18H20O4. The molecule has 116 valence electrons. The van der Waals surface area contributed by atoms with Gasteiger partial charge in [-0.2, -0.15) is 0 Å². The van der Waals surface area contributed by atoms with E-state index in [9.17, 15) is 0 Å². The third kappa shape index (κ3) is 4.45. The van der Waals surface area contributed by atoms with Crippen molar-refractivity contribution < 1.29 is 18.9 Å². The second-order valence-corrected chi connectivity index (χ2v) is 4.42. The lowest BCUT2D eigenvalue weighted by Crippen LogP contribution is -2.08. The van der Waals surface area contributed by atoms with E-state index in [1.807, 2.05) is 36.4 Å². The van der Waals surface area contributed by atoms with Crippen LogP contribution in [0.2, 0.25) is 0 Å². The molecule has 2 aromatic carbocycles. The zero-order valence-electron chi connectivity index (χ0n) is 12.5. The molecule has 0 bridgehead atoms. The standard InChI is InChI=1S/C18H20O4/c1-3-19-9-11-21-17-13-15-7-5-6-8-16(15)14-18(17)22-12-10-20-4-2/h3-8,13-14H,1-2,9-12H2. The average Bonchev–Trinajstić information content (AvgIpc) is 2.55. The SMILES string of the molecule is C=COCCOc1cc2ccccc2cc1OCCOC=C. The second-order valence-electron chi connectivity index (χ2n) is 4.42. The Morgan fingerprint density at radius 1 is 0.727 bits per heavy atom. The molecule has 0 aromatic heterocycles. The van der Waals surface area contributed by atoms with Crippen molar-refractivity contribution in [1.29, 1.82) is 0 Å². The molecule has 0 amide bonds. The van der Waals surface area contributed by atoms with Crippen molar-refractivity contribution in [3.8, 4) is 11.5 Å². The van der Waals surface area contributed by atoms with Crippen LogP contribution in [0.5, 0.6) is 11.5 Å². The van der Waals surface area contributed by atoms with Gasteiger partial charge in [-0.15, -0.1) is 0 Å². The van der Waals surface area contributed by atoms with Gasteiger partial charge in [-0.25, -0.2) is 0 Å². The van der Waals surface area contributed by atoms with Crippen molar-refractivity contribution >= 4 is 10.8 Å². The van der Waals surface area contributed by atoms with Crippen molar-refractivity contribution in [2.45, 2.75) is 0 Å². The molecule has 0 aliphatic heterocycles. The van der Waals surface area contributed by atoms with E-state index in [0.29, 0.717) is 37.9 Å². The van der Waals surface area contributed by atoms with Crippen LogP contribution in [0.3, 0.4) is 0 Å². The van der Waals surface area contributed by atoms with Gasteiger partial charge in [-0.1, -0.05) is 37.4 Å². The summed E-state index contributed by atoms with van der Waals surface area (Å²) in [5.74, 6) is 1.37. The molecule has 0 radical (unpaired) electrons. The number of fused-ring (bicyclic) bond motifs is 1. The van der Waals surface area contributed by atoms with Gasteiger partial charge in [0, 0.05) is 0 Å². The summed E-state index contributed by atoms with van der Waals surface area (Å²) in [5.41, 5.74) is 0. The Kier molecular flexibility index (Phi) is 6.18. The van der Waals surface area contributed by atoms with E-state index in [1.54, 1.807) is 0 Å². The van der Waals surface area contributed by atoms with Gasteiger partial charge >= 0.3 is 0 Å². The van der Waals surface area contributed by atoms with Crippen LogP contribution in [0.4, 0.5) is 0 Å². The number of hydrogen-bond donors (Lipinski definition) is 0. The maximum atomic E-state index is 5.75. The summed E-state index contributed by atoms with van der Waals surface area (Å²) >= 11 is 0. The molecule has 22 heavy (non-hydrogen) atoms. The first-order chi connectivity index (χ1) is 10.8. The van der Waals surface area contributed by atoms with Gasteiger partial charge in [-0.3, -0.25) is 0 Å². The Labute approximate surface area is 130 Å². The van der Waals surface area contributed by atoms with Gasteiger partial charge in [0.05, 0.1) is 12.5 Å². The lowest BCUT2D eigenvalue weighted by atomic mass is 10.1. The van der Waals surface area contributed by atoms with Crippen LogP contribution in [0.1, 0.15) is 0 Å². The second kappa shape index (κ2) is 8.62. The smallest absolute Gasteiger partial charge is 0.161 e. The monoisotopic (exact) mass is 300 g/mol. The summed E-state index contributed by atoms with van der Waals surface area (Å²) in [5, 5.41) is 2.19. The van der Waals surface area contributed by atoms with Crippen molar-refractivity contribution in [2.75, 3.05) is 26.4 Å². The molecule has 0 saturated carbocycles. The van der Waals surface area contributed by atoms with Crippen LogP contribution in [0, 0.1) is 0 Å². The molecule has 0 heterocycles. The summed E-state index contributed by atoms with van der Waals surface area (Å²) in [6, 6.07) is 12.0. The number of benzene rings is 2. The van der Waals surface area contributed by atoms with Crippen molar-refractivity contribution in [3.63, 3.8) is 0 Å². The first kappa shape index (κ1) is 15.8. The van der Waals surface area contributed by atoms with Gasteiger partial charge in [-0.05, 0) is 22.9 Å². The summed E-state index contributed by atoms with van der Waals surface area (Å²) in [4.78, 5) is 0. The van der Waals surface area contributed by atoms with Crippen molar-refractivity contribution in [2.24, 2.45) is 0 Å². The Balaban J connectivity index is 2.12. The maximum Gasteiger partial charge on any atom is 0.161 e. The lowest BCUT2D eigenvalue weighted by Gasteiger charge is -2.14. The summed E-state index contributed by atoms with van der Waals surface area (Å²) < 4.78 is 21.6. The molecule has 0 N–H and O–H groups in total. The molecule has 4 heteroatoms. The molecule has 0 aliphatic carbocycles. The molecule has 0 atom stereocenters. The van der Waals surface area contributed by atoms with Gasteiger partial charge in [0.15, 0.2) is 11.5 Å². The van der Waals surface area contributed by atoms with Crippen LogP contribution in [-0.2, 0) is 9.47 Å². The van der Waals surface area contributed by atoms with Crippen molar-refractivity contribution in [1.82, 2.24) is 0 Å². The average molecular weight is 300 g/mol. The van der Waals surface area contributed by atoms with E-state index < -0.39 is 0 Å². The quantitative estimate of drug-likeness (QED) is 0.492. The highest BCUT2D eigenvalue weighted by Crippen LogP contribution is 2.32.